The molecule has 1 aliphatic rings. The molecule has 2 unspecified atom stereocenters. The lowest BCUT2D eigenvalue weighted by atomic mass is 9.95. The number of hydrogen-bond acceptors (Lipinski definition) is 3. The zero-order valence-corrected chi connectivity index (χ0v) is 11.0. The predicted molar refractivity (Wildman–Crippen MR) is 67.3 cm³/mol. The Morgan fingerprint density at radius 3 is 3.19 bits per heavy atom. The molecule has 4 heteroatoms. The summed E-state index contributed by atoms with van der Waals surface area (Å²) in [5, 5.41) is 3.51. The minimum Gasteiger partial charge on any atom is -0.381 e. The van der Waals surface area contributed by atoms with Gasteiger partial charge in [0.1, 0.15) is 0 Å². The lowest BCUT2D eigenvalue weighted by Crippen LogP contribution is -2.29. The van der Waals surface area contributed by atoms with Crippen LogP contribution in [0.1, 0.15) is 25.1 Å². The van der Waals surface area contributed by atoms with E-state index in [4.69, 9.17) is 4.74 Å². The topological polar surface area (TPSA) is 34.2 Å². The average Bonchev–Trinajstić information content (AvgIpc) is 2.80. The van der Waals surface area contributed by atoms with E-state index in [0.717, 1.165) is 36.3 Å². The zero-order valence-electron chi connectivity index (χ0n) is 9.45. The third-order valence-electron chi connectivity index (χ3n) is 2.94. The van der Waals surface area contributed by atoms with Gasteiger partial charge in [-0.2, -0.15) is 0 Å². The van der Waals surface area contributed by atoms with E-state index in [9.17, 15) is 0 Å². The van der Waals surface area contributed by atoms with Crippen LogP contribution in [0.15, 0.2) is 22.8 Å². The molecule has 1 fully saturated rings. The van der Waals surface area contributed by atoms with Gasteiger partial charge in [0.2, 0.25) is 0 Å². The number of pyridine rings is 1. The summed E-state index contributed by atoms with van der Waals surface area (Å²) in [6.07, 6.45) is 2.96. The minimum atomic E-state index is 0.295. The van der Waals surface area contributed by atoms with Gasteiger partial charge in [-0.05, 0) is 41.0 Å². The number of nitrogens with one attached hydrogen (secondary N) is 1. The van der Waals surface area contributed by atoms with Gasteiger partial charge in [-0.3, -0.25) is 4.98 Å². The standard InChI is InChI=1S/C12H17BrN2O/c1-2-14-11(9-5-7-16-8-9)12-10(13)4-3-6-15-12/h3-4,6,9,11,14H,2,5,7-8H2,1H3. The summed E-state index contributed by atoms with van der Waals surface area (Å²) in [4.78, 5) is 4.48. The van der Waals surface area contributed by atoms with Crippen LogP contribution >= 0.6 is 15.9 Å². The molecule has 0 radical (unpaired) electrons. The summed E-state index contributed by atoms with van der Waals surface area (Å²) >= 11 is 3.57. The highest BCUT2D eigenvalue weighted by molar-refractivity contribution is 9.10. The van der Waals surface area contributed by atoms with Crippen molar-refractivity contribution < 1.29 is 4.74 Å². The molecule has 2 heterocycles. The molecular formula is C12H17BrN2O. The summed E-state index contributed by atoms with van der Waals surface area (Å²) in [7, 11) is 0. The lowest BCUT2D eigenvalue weighted by Gasteiger charge is -2.23. The molecule has 16 heavy (non-hydrogen) atoms. The molecule has 0 amide bonds. The Hall–Kier alpha value is -0.450. The maximum absolute atomic E-state index is 5.46. The van der Waals surface area contributed by atoms with Crippen molar-refractivity contribution in [2.75, 3.05) is 19.8 Å². The Labute approximate surface area is 105 Å². The Morgan fingerprint density at radius 2 is 2.56 bits per heavy atom. The fraction of sp³-hybridized carbons (Fsp3) is 0.583. The lowest BCUT2D eigenvalue weighted by molar-refractivity contribution is 0.176. The fourth-order valence-corrected chi connectivity index (χ4v) is 2.65. The maximum atomic E-state index is 5.46. The van der Waals surface area contributed by atoms with E-state index in [0.29, 0.717) is 12.0 Å². The van der Waals surface area contributed by atoms with Crippen LogP contribution in [0.25, 0.3) is 0 Å². The van der Waals surface area contributed by atoms with Crippen molar-refractivity contribution in [1.29, 1.82) is 0 Å². The van der Waals surface area contributed by atoms with Gasteiger partial charge in [-0.1, -0.05) is 6.92 Å². The normalized spacial score (nSPS) is 22.2. The highest BCUT2D eigenvalue weighted by atomic mass is 79.9. The summed E-state index contributed by atoms with van der Waals surface area (Å²) in [6.45, 7) is 4.78. The number of hydrogen-bond donors (Lipinski definition) is 1. The molecule has 3 nitrogen and oxygen atoms in total. The van der Waals surface area contributed by atoms with Gasteiger partial charge < -0.3 is 10.1 Å². The molecule has 1 N–H and O–H groups in total. The average molecular weight is 285 g/mol. The van der Waals surface area contributed by atoms with Gasteiger partial charge in [0.05, 0.1) is 18.3 Å². The molecule has 1 aliphatic heterocycles. The molecule has 2 atom stereocenters. The smallest absolute Gasteiger partial charge is 0.0718 e. The first kappa shape index (κ1) is 12.0. The molecule has 0 bridgehead atoms. The molecule has 0 aromatic carbocycles. The quantitative estimate of drug-likeness (QED) is 0.923. The van der Waals surface area contributed by atoms with Gasteiger partial charge in [0.15, 0.2) is 0 Å². The maximum Gasteiger partial charge on any atom is 0.0718 e. The van der Waals surface area contributed by atoms with E-state index >= 15 is 0 Å². The predicted octanol–water partition coefficient (Wildman–Crippen LogP) is 2.53. The van der Waals surface area contributed by atoms with E-state index in [1.165, 1.54) is 0 Å². The number of aromatic nitrogens is 1. The van der Waals surface area contributed by atoms with E-state index in [1.54, 1.807) is 0 Å². The monoisotopic (exact) mass is 284 g/mol. The van der Waals surface area contributed by atoms with Gasteiger partial charge in [0, 0.05) is 23.2 Å². The van der Waals surface area contributed by atoms with E-state index in [-0.39, 0.29) is 0 Å². The van der Waals surface area contributed by atoms with Gasteiger partial charge in [0.25, 0.3) is 0 Å². The molecule has 88 valence electrons. The third-order valence-corrected chi connectivity index (χ3v) is 3.61. The Balaban J connectivity index is 2.21. The van der Waals surface area contributed by atoms with Gasteiger partial charge in [-0.25, -0.2) is 0 Å². The van der Waals surface area contributed by atoms with E-state index in [1.807, 2.05) is 18.3 Å². The van der Waals surface area contributed by atoms with Crippen LogP contribution in [0.5, 0.6) is 0 Å². The number of ether oxygens (including phenoxy) is 1. The highest BCUT2D eigenvalue weighted by Crippen LogP contribution is 2.31. The zero-order chi connectivity index (χ0) is 11.4. The molecule has 0 saturated carbocycles. The molecule has 0 aliphatic carbocycles. The first-order valence-corrected chi connectivity index (χ1v) is 6.53. The first-order chi connectivity index (χ1) is 7.83. The fourth-order valence-electron chi connectivity index (χ4n) is 2.15. The molecule has 0 spiro atoms. The highest BCUT2D eigenvalue weighted by Gasteiger charge is 2.28. The minimum absolute atomic E-state index is 0.295. The largest absolute Gasteiger partial charge is 0.381 e. The van der Waals surface area contributed by atoms with Gasteiger partial charge in [-0.15, -0.1) is 0 Å². The van der Waals surface area contributed by atoms with E-state index < -0.39 is 0 Å². The van der Waals surface area contributed by atoms with Crippen LogP contribution < -0.4 is 5.32 Å². The van der Waals surface area contributed by atoms with Crippen molar-refractivity contribution in [2.45, 2.75) is 19.4 Å². The van der Waals surface area contributed by atoms with Crippen molar-refractivity contribution >= 4 is 15.9 Å². The molecule has 1 aromatic rings. The molecule has 1 saturated heterocycles. The van der Waals surface area contributed by atoms with Crippen molar-refractivity contribution in [1.82, 2.24) is 10.3 Å². The Morgan fingerprint density at radius 1 is 1.69 bits per heavy atom. The SMILES string of the molecule is CCNC(c1ncccc1Br)C1CCOC1. The summed E-state index contributed by atoms with van der Waals surface area (Å²) in [5.41, 5.74) is 1.10. The summed E-state index contributed by atoms with van der Waals surface area (Å²) < 4.78 is 6.54. The number of halogens is 1. The second-order valence-corrected chi connectivity index (χ2v) is 4.88. The van der Waals surface area contributed by atoms with Gasteiger partial charge >= 0.3 is 0 Å². The first-order valence-electron chi connectivity index (χ1n) is 5.74. The second kappa shape index (κ2) is 5.75. The van der Waals surface area contributed by atoms with Crippen LogP contribution in [-0.2, 0) is 4.74 Å². The molecule has 1 aromatic heterocycles. The van der Waals surface area contributed by atoms with Crippen LogP contribution in [0, 0.1) is 5.92 Å². The van der Waals surface area contributed by atoms with Crippen LogP contribution in [0.3, 0.4) is 0 Å². The number of rotatable bonds is 4. The van der Waals surface area contributed by atoms with Crippen LogP contribution in [0.4, 0.5) is 0 Å². The third kappa shape index (κ3) is 2.62. The summed E-state index contributed by atoms with van der Waals surface area (Å²) in [6, 6.07) is 4.28. The second-order valence-electron chi connectivity index (χ2n) is 4.03. The van der Waals surface area contributed by atoms with Crippen LogP contribution in [0.2, 0.25) is 0 Å². The number of nitrogens with zero attached hydrogens (tertiary/aromatic N) is 1. The van der Waals surface area contributed by atoms with E-state index in [2.05, 4.69) is 33.2 Å². The summed E-state index contributed by atoms with van der Waals surface area (Å²) in [5.74, 6) is 0.533. The van der Waals surface area contributed by atoms with Crippen molar-refractivity contribution in [2.24, 2.45) is 5.92 Å². The Bertz CT molecular complexity index is 340. The molecule has 2 rings (SSSR count). The van der Waals surface area contributed by atoms with Crippen molar-refractivity contribution in [3.05, 3.63) is 28.5 Å². The van der Waals surface area contributed by atoms with Crippen molar-refractivity contribution in [3.63, 3.8) is 0 Å². The Kier molecular flexibility index (Phi) is 4.32. The van der Waals surface area contributed by atoms with Crippen LogP contribution in [-0.4, -0.2) is 24.7 Å². The van der Waals surface area contributed by atoms with Crippen molar-refractivity contribution in [3.8, 4) is 0 Å². The molecular weight excluding hydrogens is 268 g/mol.